The fourth-order valence-corrected chi connectivity index (χ4v) is 1.65. The Bertz CT molecular complexity index is 615. The van der Waals surface area contributed by atoms with E-state index in [1.807, 2.05) is 20.8 Å². The van der Waals surface area contributed by atoms with Crippen LogP contribution in [-0.4, -0.2) is 15.3 Å². The van der Waals surface area contributed by atoms with Gasteiger partial charge < -0.3 is 5.32 Å². The molecule has 2 aromatic rings. The van der Waals surface area contributed by atoms with Crippen LogP contribution in [0.2, 0.25) is 0 Å². The molecule has 1 aromatic carbocycles. The van der Waals surface area contributed by atoms with Crippen LogP contribution in [0.4, 0.5) is 13.2 Å². The summed E-state index contributed by atoms with van der Waals surface area (Å²) in [6.07, 6.45) is 1.47. The zero-order valence-corrected chi connectivity index (χ0v) is 11.5. The first-order chi connectivity index (χ1) is 9.26. The van der Waals surface area contributed by atoms with E-state index < -0.39 is 17.5 Å². The van der Waals surface area contributed by atoms with Gasteiger partial charge in [0.25, 0.3) is 0 Å². The maximum absolute atomic E-state index is 13.6. The molecular formula is C14H16F3N3. The van der Waals surface area contributed by atoms with Crippen LogP contribution in [0.1, 0.15) is 26.5 Å². The van der Waals surface area contributed by atoms with E-state index in [9.17, 15) is 13.2 Å². The van der Waals surface area contributed by atoms with Crippen molar-refractivity contribution in [2.75, 3.05) is 0 Å². The third-order valence-electron chi connectivity index (χ3n) is 2.66. The summed E-state index contributed by atoms with van der Waals surface area (Å²) < 4.78 is 41.1. The van der Waals surface area contributed by atoms with Crippen LogP contribution in [0, 0.1) is 17.5 Å². The fourth-order valence-electron chi connectivity index (χ4n) is 1.65. The quantitative estimate of drug-likeness (QED) is 0.877. The third kappa shape index (κ3) is 3.39. The average Bonchev–Trinajstić information content (AvgIpc) is 2.79. The standard InChI is InChI=1S/C14H16F3N3/c1-14(2,3)18-8-10-4-5-20(19-10)12-7-9(15)6-11(16)13(12)17/h4-7,18H,8H2,1-3H3. The summed E-state index contributed by atoms with van der Waals surface area (Å²) in [5.74, 6) is -3.20. The number of nitrogens with zero attached hydrogens (tertiary/aromatic N) is 2. The molecule has 0 unspecified atom stereocenters. The molecule has 3 nitrogen and oxygen atoms in total. The summed E-state index contributed by atoms with van der Waals surface area (Å²) in [5, 5.41) is 7.33. The molecule has 0 radical (unpaired) electrons. The summed E-state index contributed by atoms with van der Waals surface area (Å²) in [4.78, 5) is 0. The predicted octanol–water partition coefficient (Wildman–Crippen LogP) is 3.18. The lowest BCUT2D eigenvalue weighted by atomic mass is 10.1. The molecule has 20 heavy (non-hydrogen) atoms. The lowest BCUT2D eigenvalue weighted by molar-refractivity contribution is 0.420. The second-order valence-corrected chi connectivity index (χ2v) is 5.58. The van der Waals surface area contributed by atoms with Crippen molar-refractivity contribution in [2.45, 2.75) is 32.9 Å². The lowest BCUT2D eigenvalue weighted by Gasteiger charge is -2.19. The molecule has 0 atom stereocenters. The Labute approximate surface area is 115 Å². The molecule has 0 spiro atoms. The van der Waals surface area contributed by atoms with Gasteiger partial charge in [0.15, 0.2) is 11.6 Å². The number of hydrogen-bond donors (Lipinski definition) is 1. The van der Waals surface area contributed by atoms with E-state index >= 15 is 0 Å². The number of aromatic nitrogens is 2. The topological polar surface area (TPSA) is 29.9 Å². The van der Waals surface area contributed by atoms with Crippen molar-refractivity contribution in [3.05, 3.63) is 47.5 Å². The highest BCUT2D eigenvalue weighted by atomic mass is 19.2. The second kappa shape index (κ2) is 5.28. The highest BCUT2D eigenvalue weighted by molar-refractivity contribution is 5.34. The van der Waals surface area contributed by atoms with E-state index in [0.29, 0.717) is 18.3 Å². The van der Waals surface area contributed by atoms with Gasteiger partial charge in [-0.1, -0.05) is 0 Å². The molecular weight excluding hydrogens is 267 g/mol. The van der Waals surface area contributed by atoms with Crippen LogP contribution in [0.25, 0.3) is 5.69 Å². The summed E-state index contributed by atoms with van der Waals surface area (Å²) in [6, 6.07) is 3.08. The van der Waals surface area contributed by atoms with Crippen LogP contribution < -0.4 is 5.32 Å². The first kappa shape index (κ1) is 14.6. The van der Waals surface area contributed by atoms with Gasteiger partial charge in [-0.15, -0.1) is 0 Å². The largest absolute Gasteiger partial charge is 0.306 e. The first-order valence-electron chi connectivity index (χ1n) is 6.21. The van der Waals surface area contributed by atoms with E-state index in [2.05, 4.69) is 10.4 Å². The van der Waals surface area contributed by atoms with Crippen LogP contribution in [-0.2, 0) is 6.54 Å². The van der Waals surface area contributed by atoms with Crippen LogP contribution in [0.15, 0.2) is 24.4 Å². The average molecular weight is 283 g/mol. The number of halogens is 3. The SMILES string of the molecule is CC(C)(C)NCc1ccn(-c2cc(F)cc(F)c2F)n1. The first-order valence-corrected chi connectivity index (χ1v) is 6.21. The van der Waals surface area contributed by atoms with Gasteiger partial charge in [0.1, 0.15) is 11.5 Å². The van der Waals surface area contributed by atoms with E-state index in [1.54, 1.807) is 6.07 Å². The minimum atomic E-state index is -1.23. The van der Waals surface area contributed by atoms with Crippen LogP contribution in [0.3, 0.4) is 0 Å². The molecule has 0 saturated carbocycles. The highest BCUT2D eigenvalue weighted by Gasteiger charge is 2.14. The molecule has 0 amide bonds. The number of rotatable bonds is 3. The summed E-state index contributed by atoms with van der Waals surface area (Å²) in [7, 11) is 0. The second-order valence-electron chi connectivity index (χ2n) is 5.58. The maximum atomic E-state index is 13.6. The Kier molecular flexibility index (Phi) is 3.85. The molecule has 1 aromatic heterocycles. The van der Waals surface area contributed by atoms with Crippen molar-refractivity contribution in [3.8, 4) is 5.69 Å². The van der Waals surface area contributed by atoms with Crippen molar-refractivity contribution in [1.82, 2.24) is 15.1 Å². The Morgan fingerprint density at radius 3 is 2.55 bits per heavy atom. The molecule has 1 heterocycles. The zero-order chi connectivity index (χ0) is 14.9. The van der Waals surface area contributed by atoms with Gasteiger partial charge in [0, 0.05) is 30.4 Å². The molecule has 0 fully saturated rings. The van der Waals surface area contributed by atoms with E-state index in [-0.39, 0.29) is 11.2 Å². The number of nitrogens with one attached hydrogen (secondary N) is 1. The Hall–Kier alpha value is -1.82. The fraction of sp³-hybridized carbons (Fsp3) is 0.357. The van der Waals surface area contributed by atoms with Gasteiger partial charge in [-0.2, -0.15) is 5.10 Å². The van der Waals surface area contributed by atoms with Crippen LogP contribution >= 0.6 is 0 Å². The van der Waals surface area contributed by atoms with E-state index in [0.717, 1.165) is 10.7 Å². The highest BCUT2D eigenvalue weighted by Crippen LogP contribution is 2.18. The van der Waals surface area contributed by atoms with E-state index in [1.165, 1.54) is 6.20 Å². The predicted molar refractivity (Wildman–Crippen MR) is 70.0 cm³/mol. The van der Waals surface area contributed by atoms with Gasteiger partial charge in [-0.3, -0.25) is 0 Å². The number of benzene rings is 1. The Balaban J connectivity index is 2.25. The summed E-state index contributed by atoms with van der Waals surface area (Å²) in [5.41, 5.74) is 0.327. The Morgan fingerprint density at radius 2 is 1.90 bits per heavy atom. The summed E-state index contributed by atoms with van der Waals surface area (Å²) in [6.45, 7) is 6.50. The molecule has 1 N–H and O–H groups in total. The molecule has 108 valence electrons. The van der Waals surface area contributed by atoms with Gasteiger partial charge >= 0.3 is 0 Å². The summed E-state index contributed by atoms with van der Waals surface area (Å²) >= 11 is 0. The van der Waals surface area contributed by atoms with E-state index in [4.69, 9.17) is 0 Å². The Morgan fingerprint density at radius 1 is 1.20 bits per heavy atom. The molecule has 0 bridgehead atoms. The van der Waals surface area contributed by atoms with Crippen LogP contribution in [0.5, 0.6) is 0 Å². The van der Waals surface area contributed by atoms with Crippen molar-refractivity contribution >= 4 is 0 Å². The third-order valence-corrected chi connectivity index (χ3v) is 2.66. The molecule has 6 heteroatoms. The molecule has 0 saturated heterocycles. The lowest BCUT2D eigenvalue weighted by Crippen LogP contribution is -2.35. The van der Waals surface area contributed by atoms with Crippen molar-refractivity contribution in [3.63, 3.8) is 0 Å². The molecule has 0 aliphatic rings. The minimum absolute atomic E-state index is 0.0833. The normalized spacial score (nSPS) is 11.9. The van der Waals surface area contributed by atoms with Crippen molar-refractivity contribution in [1.29, 1.82) is 0 Å². The monoisotopic (exact) mass is 283 g/mol. The van der Waals surface area contributed by atoms with Gasteiger partial charge in [-0.25, -0.2) is 17.9 Å². The van der Waals surface area contributed by atoms with Gasteiger partial charge in [0.05, 0.1) is 5.69 Å². The molecule has 0 aliphatic carbocycles. The van der Waals surface area contributed by atoms with Gasteiger partial charge in [-0.05, 0) is 26.8 Å². The smallest absolute Gasteiger partial charge is 0.184 e. The molecule has 0 aliphatic heterocycles. The van der Waals surface area contributed by atoms with Gasteiger partial charge in [0.2, 0.25) is 0 Å². The molecule has 2 rings (SSSR count). The maximum Gasteiger partial charge on any atom is 0.184 e. The zero-order valence-electron chi connectivity index (χ0n) is 11.5. The van der Waals surface area contributed by atoms with Crippen molar-refractivity contribution in [2.24, 2.45) is 0 Å². The number of hydrogen-bond acceptors (Lipinski definition) is 2. The minimum Gasteiger partial charge on any atom is -0.306 e. The van der Waals surface area contributed by atoms with Crippen molar-refractivity contribution < 1.29 is 13.2 Å².